The summed E-state index contributed by atoms with van der Waals surface area (Å²) < 4.78 is 10.5. The van der Waals surface area contributed by atoms with Gasteiger partial charge in [0.25, 0.3) is 11.7 Å². The molecular formula is C24H21NO5. The summed E-state index contributed by atoms with van der Waals surface area (Å²) in [6, 6.07) is 17.0. The van der Waals surface area contributed by atoms with Crippen LogP contribution in [0.4, 0.5) is 0 Å². The number of nitrogens with zero attached hydrogens (tertiary/aromatic N) is 1. The number of benzene rings is 2. The summed E-state index contributed by atoms with van der Waals surface area (Å²) in [5.41, 5.74) is 2.23. The second kappa shape index (κ2) is 7.91. The van der Waals surface area contributed by atoms with Gasteiger partial charge in [-0.3, -0.25) is 9.59 Å². The molecule has 0 radical (unpaired) electrons. The van der Waals surface area contributed by atoms with Crippen LogP contribution in [0.1, 0.15) is 28.5 Å². The summed E-state index contributed by atoms with van der Waals surface area (Å²) in [5.74, 6) is -0.433. The Kier molecular flexibility index (Phi) is 5.14. The van der Waals surface area contributed by atoms with Crippen molar-refractivity contribution < 1.29 is 23.8 Å². The standard InChI is InChI=1S/C24H21NO5/c1-15-5-3-6-17(13-15)21-20(22(26)16-8-10-18(29-2)11-9-16)23(27)24(28)25(21)14-19-7-4-12-30-19/h3-13,21,26H,14H2,1-2H3/b22-20-. The lowest BCUT2D eigenvalue weighted by Gasteiger charge is -2.24. The number of furan rings is 1. The summed E-state index contributed by atoms with van der Waals surface area (Å²) in [4.78, 5) is 27.3. The summed E-state index contributed by atoms with van der Waals surface area (Å²) in [6.45, 7) is 2.06. The molecule has 1 aliphatic rings. The molecule has 6 heteroatoms. The topological polar surface area (TPSA) is 80.0 Å². The van der Waals surface area contributed by atoms with Gasteiger partial charge in [-0.2, -0.15) is 0 Å². The van der Waals surface area contributed by atoms with Crippen molar-refractivity contribution in [2.45, 2.75) is 19.5 Å². The van der Waals surface area contributed by atoms with Crippen LogP contribution in [0.15, 0.2) is 76.9 Å². The molecule has 1 N–H and O–H groups in total. The maximum Gasteiger partial charge on any atom is 0.296 e. The quantitative estimate of drug-likeness (QED) is 0.392. The van der Waals surface area contributed by atoms with Crippen molar-refractivity contribution in [3.05, 3.63) is 95.0 Å². The highest BCUT2D eigenvalue weighted by Gasteiger charge is 2.46. The monoisotopic (exact) mass is 403 g/mol. The Morgan fingerprint density at radius 1 is 1.10 bits per heavy atom. The Morgan fingerprint density at radius 3 is 2.50 bits per heavy atom. The van der Waals surface area contributed by atoms with Crippen LogP contribution in [0.25, 0.3) is 5.76 Å². The third-order valence-corrected chi connectivity index (χ3v) is 5.17. The van der Waals surface area contributed by atoms with Crippen molar-refractivity contribution in [1.82, 2.24) is 4.90 Å². The Labute approximate surface area is 174 Å². The van der Waals surface area contributed by atoms with Crippen LogP contribution in [0.3, 0.4) is 0 Å². The van der Waals surface area contributed by atoms with E-state index in [4.69, 9.17) is 9.15 Å². The van der Waals surface area contributed by atoms with Crippen molar-refractivity contribution in [1.29, 1.82) is 0 Å². The third kappa shape index (κ3) is 3.48. The minimum atomic E-state index is -0.725. The molecule has 30 heavy (non-hydrogen) atoms. The van der Waals surface area contributed by atoms with Crippen molar-refractivity contribution in [2.24, 2.45) is 0 Å². The van der Waals surface area contributed by atoms with Gasteiger partial charge in [0, 0.05) is 5.56 Å². The molecule has 1 amide bonds. The Morgan fingerprint density at radius 2 is 1.87 bits per heavy atom. The minimum Gasteiger partial charge on any atom is -0.507 e. The first-order valence-corrected chi connectivity index (χ1v) is 9.51. The number of methoxy groups -OCH3 is 1. The van der Waals surface area contributed by atoms with Gasteiger partial charge in [-0.05, 0) is 48.9 Å². The number of carbonyl (C=O) groups is 2. The fourth-order valence-corrected chi connectivity index (χ4v) is 3.70. The van der Waals surface area contributed by atoms with E-state index in [9.17, 15) is 14.7 Å². The van der Waals surface area contributed by atoms with Gasteiger partial charge >= 0.3 is 0 Å². The third-order valence-electron chi connectivity index (χ3n) is 5.17. The Balaban J connectivity index is 1.85. The van der Waals surface area contributed by atoms with E-state index in [0.29, 0.717) is 17.1 Å². The van der Waals surface area contributed by atoms with Gasteiger partial charge in [-0.15, -0.1) is 0 Å². The molecule has 1 fully saturated rings. The van der Waals surface area contributed by atoms with Crippen LogP contribution >= 0.6 is 0 Å². The van der Waals surface area contributed by atoms with Gasteiger partial charge in [-0.1, -0.05) is 29.8 Å². The van der Waals surface area contributed by atoms with Gasteiger partial charge in [0.1, 0.15) is 17.3 Å². The molecule has 1 saturated heterocycles. The number of amides is 1. The molecule has 0 saturated carbocycles. The second-order valence-corrected chi connectivity index (χ2v) is 7.15. The molecule has 152 valence electrons. The summed E-state index contributed by atoms with van der Waals surface area (Å²) in [6.07, 6.45) is 1.52. The van der Waals surface area contributed by atoms with Crippen molar-refractivity contribution in [2.75, 3.05) is 7.11 Å². The average Bonchev–Trinajstić information content (AvgIpc) is 3.36. The number of aryl methyl sites for hydroxylation is 1. The molecule has 1 aliphatic heterocycles. The molecule has 1 unspecified atom stereocenters. The van der Waals surface area contributed by atoms with E-state index in [2.05, 4.69) is 0 Å². The Hall–Kier alpha value is -3.80. The highest BCUT2D eigenvalue weighted by Crippen LogP contribution is 2.40. The number of hydrogen-bond donors (Lipinski definition) is 1. The summed E-state index contributed by atoms with van der Waals surface area (Å²) in [7, 11) is 1.55. The number of carbonyl (C=O) groups excluding carboxylic acids is 2. The van der Waals surface area contributed by atoms with Gasteiger partial charge in [0.05, 0.1) is 31.5 Å². The molecule has 1 atom stereocenters. The van der Waals surface area contributed by atoms with Crippen LogP contribution in [0, 0.1) is 6.92 Å². The van der Waals surface area contributed by atoms with E-state index in [0.717, 1.165) is 11.1 Å². The van der Waals surface area contributed by atoms with Crippen molar-refractivity contribution >= 4 is 17.4 Å². The first-order valence-electron chi connectivity index (χ1n) is 9.51. The molecule has 2 heterocycles. The molecule has 6 nitrogen and oxygen atoms in total. The van der Waals surface area contributed by atoms with Crippen LogP contribution in [0.2, 0.25) is 0 Å². The van der Waals surface area contributed by atoms with Crippen LogP contribution in [-0.2, 0) is 16.1 Å². The molecule has 0 bridgehead atoms. The average molecular weight is 403 g/mol. The maximum atomic E-state index is 13.0. The summed E-state index contributed by atoms with van der Waals surface area (Å²) >= 11 is 0. The number of Topliss-reactive ketones (excluding diaryl/α,β-unsaturated/α-hetero) is 1. The zero-order valence-electron chi connectivity index (χ0n) is 16.7. The highest BCUT2D eigenvalue weighted by molar-refractivity contribution is 6.46. The lowest BCUT2D eigenvalue weighted by Crippen LogP contribution is -2.29. The largest absolute Gasteiger partial charge is 0.507 e. The van der Waals surface area contributed by atoms with Gasteiger partial charge in [-0.25, -0.2) is 0 Å². The number of aliphatic hydroxyl groups excluding tert-OH is 1. The van der Waals surface area contributed by atoms with E-state index in [1.165, 1.54) is 11.2 Å². The molecule has 1 aromatic heterocycles. The van der Waals surface area contributed by atoms with Gasteiger partial charge in [0.15, 0.2) is 0 Å². The first-order chi connectivity index (χ1) is 14.5. The zero-order valence-corrected chi connectivity index (χ0v) is 16.7. The highest BCUT2D eigenvalue weighted by atomic mass is 16.5. The second-order valence-electron chi connectivity index (χ2n) is 7.15. The number of ketones is 1. The molecule has 3 aromatic rings. The van der Waals surface area contributed by atoms with Crippen LogP contribution in [-0.4, -0.2) is 28.8 Å². The molecular weight excluding hydrogens is 382 g/mol. The van der Waals surface area contributed by atoms with E-state index in [1.54, 1.807) is 43.5 Å². The number of ether oxygens (including phenoxy) is 1. The number of rotatable bonds is 5. The van der Waals surface area contributed by atoms with Gasteiger partial charge in [0.2, 0.25) is 0 Å². The molecule has 0 aliphatic carbocycles. The number of hydrogen-bond acceptors (Lipinski definition) is 5. The minimum absolute atomic E-state index is 0.0577. The Bertz CT molecular complexity index is 1110. The normalized spacial score (nSPS) is 18.1. The smallest absolute Gasteiger partial charge is 0.296 e. The van der Waals surface area contributed by atoms with E-state index >= 15 is 0 Å². The fraction of sp³-hybridized carbons (Fsp3) is 0.167. The SMILES string of the molecule is COc1ccc(/C(O)=C2/C(=O)C(=O)N(Cc3ccco3)C2c2cccc(C)c2)cc1. The van der Waals surface area contributed by atoms with E-state index in [-0.39, 0.29) is 17.9 Å². The van der Waals surface area contributed by atoms with Crippen molar-refractivity contribution in [3.8, 4) is 5.75 Å². The summed E-state index contributed by atoms with van der Waals surface area (Å²) in [5, 5.41) is 11.0. The number of likely N-dealkylation sites (tertiary alicyclic amines) is 1. The lowest BCUT2D eigenvalue weighted by molar-refractivity contribution is -0.140. The predicted molar refractivity (Wildman–Crippen MR) is 111 cm³/mol. The molecule has 0 spiro atoms. The zero-order chi connectivity index (χ0) is 21.3. The lowest BCUT2D eigenvalue weighted by atomic mass is 9.94. The van der Waals surface area contributed by atoms with Crippen LogP contribution in [0.5, 0.6) is 5.75 Å². The van der Waals surface area contributed by atoms with E-state index in [1.807, 2.05) is 31.2 Å². The van der Waals surface area contributed by atoms with Crippen LogP contribution < -0.4 is 4.74 Å². The first kappa shape index (κ1) is 19.5. The van der Waals surface area contributed by atoms with E-state index < -0.39 is 17.7 Å². The number of aliphatic hydroxyl groups is 1. The van der Waals surface area contributed by atoms with Gasteiger partial charge < -0.3 is 19.2 Å². The van der Waals surface area contributed by atoms with Crippen molar-refractivity contribution in [3.63, 3.8) is 0 Å². The maximum absolute atomic E-state index is 13.0. The molecule has 2 aromatic carbocycles. The molecule has 4 rings (SSSR count). The predicted octanol–water partition coefficient (Wildman–Crippen LogP) is 4.22. The fourth-order valence-electron chi connectivity index (χ4n) is 3.70.